The molecule has 4 heterocycles. The van der Waals surface area contributed by atoms with Gasteiger partial charge < -0.3 is 15.5 Å². The molecule has 0 amide bonds. The highest BCUT2D eigenvalue weighted by Gasteiger charge is 2.21. The lowest BCUT2D eigenvalue weighted by molar-refractivity contribution is 0.522. The van der Waals surface area contributed by atoms with Crippen LogP contribution in [0.1, 0.15) is 24.1 Å². The molecule has 29 heavy (non-hydrogen) atoms. The van der Waals surface area contributed by atoms with Crippen LogP contribution in [-0.2, 0) is 0 Å². The van der Waals surface area contributed by atoms with Gasteiger partial charge in [-0.15, -0.1) is 0 Å². The van der Waals surface area contributed by atoms with Crippen LogP contribution in [-0.4, -0.2) is 44.3 Å². The second kappa shape index (κ2) is 8.32. The first-order valence-electron chi connectivity index (χ1n) is 9.30. The fraction of sp³-hybridized carbons (Fsp3) is 0.316. The number of piperidine rings is 1. The van der Waals surface area contributed by atoms with E-state index in [-0.39, 0.29) is 6.04 Å². The minimum atomic E-state index is 0.248. The number of nitriles is 1. The maximum absolute atomic E-state index is 8.90. The van der Waals surface area contributed by atoms with Crippen molar-refractivity contribution in [3.8, 4) is 6.07 Å². The van der Waals surface area contributed by atoms with Gasteiger partial charge in [-0.2, -0.15) is 15.3 Å². The molecule has 1 aliphatic rings. The molecule has 3 N–H and O–H groups in total. The summed E-state index contributed by atoms with van der Waals surface area (Å²) in [7, 11) is 0. The molecule has 0 unspecified atom stereocenters. The van der Waals surface area contributed by atoms with Crippen LogP contribution < -0.4 is 15.5 Å². The van der Waals surface area contributed by atoms with Crippen molar-refractivity contribution in [2.45, 2.75) is 25.8 Å². The van der Waals surface area contributed by atoms with Crippen LogP contribution in [0.5, 0.6) is 0 Å². The molecule has 0 bridgehead atoms. The first-order valence-corrected chi connectivity index (χ1v) is 9.68. The number of H-pyrrole nitrogens is 1. The van der Waals surface area contributed by atoms with Gasteiger partial charge in [0.25, 0.3) is 0 Å². The van der Waals surface area contributed by atoms with Crippen molar-refractivity contribution in [2.24, 2.45) is 0 Å². The van der Waals surface area contributed by atoms with E-state index in [4.69, 9.17) is 16.9 Å². The number of nitrogens with zero attached hydrogens (tertiary/aromatic N) is 6. The maximum atomic E-state index is 8.90. The van der Waals surface area contributed by atoms with Crippen molar-refractivity contribution in [1.82, 2.24) is 25.1 Å². The van der Waals surface area contributed by atoms with Crippen LogP contribution in [0.3, 0.4) is 0 Å². The Morgan fingerprint density at radius 1 is 1.24 bits per heavy atom. The highest BCUT2D eigenvalue weighted by atomic mass is 35.5. The Morgan fingerprint density at radius 3 is 2.72 bits per heavy atom. The van der Waals surface area contributed by atoms with Crippen molar-refractivity contribution in [3.05, 3.63) is 46.9 Å². The summed E-state index contributed by atoms with van der Waals surface area (Å²) < 4.78 is 0. The quantitative estimate of drug-likeness (QED) is 0.587. The van der Waals surface area contributed by atoms with E-state index in [9.17, 15) is 0 Å². The van der Waals surface area contributed by atoms with Gasteiger partial charge >= 0.3 is 0 Å². The van der Waals surface area contributed by atoms with E-state index >= 15 is 0 Å². The summed E-state index contributed by atoms with van der Waals surface area (Å²) in [5.41, 5.74) is 1.52. The molecule has 0 aromatic carbocycles. The van der Waals surface area contributed by atoms with Crippen LogP contribution in [0, 0.1) is 18.3 Å². The van der Waals surface area contributed by atoms with E-state index in [1.807, 2.05) is 19.1 Å². The normalized spacial score (nSPS) is 14.4. The van der Waals surface area contributed by atoms with Crippen LogP contribution in [0.4, 0.5) is 23.4 Å². The second-order valence-electron chi connectivity index (χ2n) is 6.87. The number of hydrogen-bond donors (Lipinski definition) is 3. The first-order chi connectivity index (χ1) is 14.1. The summed E-state index contributed by atoms with van der Waals surface area (Å²) in [4.78, 5) is 15.3. The number of anilines is 4. The van der Waals surface area contributed by atoms with Crippen molar-refractivity contribution >= 4 is 35.0 Å². The van der Waals surface area contributed by atoms with Gasteiger partial charge in [0.2, 0.25) is 5.95 Å². The van der Waals surface area contributed by atoms with Crippen molar-refractivity contribution in [1.29, 1.82) is 5.26 Å². The number of rotatable bonds is 5. The van der Waals surface area contributed by atoms with E-state index in [0.29, 0.717) is 28.2 Å². The number of aromatic nitrogens is 5. The molecular formula is C19H20ClN9. The zero-order chi connectivity index (χ0) is 20.2. The Morgan fingerprint density at radius 2 is 2.07 bits per heavy atom. The van der Waals surface area contributed by atoms with Gasteiger partial charge in [0.1, 0.15) is 16.9 Å². The molecule has 4 rings (SSSR count). The molecule has 1 fully saturated rings. The minimum Gasteiger partial charge on any atom is -0.366 e. The number of halogens is 1. The Hall–Kier alpha value is -3.38. The van der Waals surface area contributed by atoms with E-state index in [2.05, 4.69) is 46.8 Å². The predicted octanol–water partition coefficient (Wildman–Crippen LogP) is 3.25. The van der Waals surface area contributed by atoms with Gasteiger partial charge in [-0.05, 0) is 31.9 Å². The zero-order valence-electron chi connectivity index (χ0n) is 15.9. The van der Waals surface area contributed by atoms with Crippen molar-refractivity contribution < 1.29 is 0 Å². The van der Waals surface area contributed by atoms with Gasteiger partial charge in [-0.3, -0.25) is 5.10 Å². The maximum Gasteiger partial charge on any atom is 0.230 e. The Labute approximate surface area is 173 Å². The second-order valence-corrected chi connectivity index (χ2v) is 7.28. The van der Waals surface area contributed by atoms with Gasteiger partial charge in [0.05, 0.1) is 11.8 Å². The summed E-state index contributed by atoms with van der Waals surface area (Å²) in [6.07, 6.45) is 5.02. The minimum absolute atomic E-state index is 0.248. The van der Waals surface area contributed by atoms with Crippen LogP contribution in [0.25, 0.3) is 0 Å². The fourth-order valence-corrected chi connectivity index (χ4v) is 3.36. The van der Waals surface area contributed by atoms with Gasteiger partial charge in [0, 0.05) is 37.1 Å². The molecule has 9 nitrogen and oxygen atoms in total. The first kappa shape index (κ1) is 19.0. The molecule has 0 spiro atoms. The monoisotopic (exact) mass is 409 g/mol. The summed E-state index contributed by atoms with van der Waals surface area (Å²) in [6, 6.07) is 7.90. The van der Waals surface area contributed by atoms with Crippen LogP contribution in [0.15, 0.2) is 30.6 Å². The number of pyridine rings is 1. The third kappa shape index (κ3) is 4.55. The van der Waals surface area contributed by atoms with Crippen molar-refractivity contribution in [3.63, 3.8) is 0 Å². The average Bonchev–Trinajstić information content (AvgIpc) is 3.16. The lowest BCUT2D eigenvalue weighted by Gasteiger charge is -2.33. The molecule has 1 saturated heterocycles. The van der Waals surface area contributed by atoms with E-state index < -0.39 is 0 Å². The van der Waals surface area contributed by atoms with Crippen LogP contribution in [0.2, 0.25) is 5.02 Å². The van der Waals surface area contributed by atoms with Gasteiger partial charge in [-0.1, -0.05) is 11.6 Å². The third-order valence-electron chi connectivity index (χ3n) is 4.73. The molecular weight excluding hydrogens is 390 g/mol. The highest BCUT2D eigenvalue weighted by Crippen LogP contribution is 2.25. The molecule has 0 aliphatic carbocycles. The molecule has 0 atom stereocenters. The third-order valence-corrected chi connectivity index (χ3v) is 5.00. The van der Waals surface area contributed by atoms with Crippen LogP contribution >= 0.6 is 11.6 Å². The summed E-state index contributed by atoms with van der Waals surface area (Å²) in [5, 5.41) is 22.9. The smallest absolute Gasteiger partial charge is 0.230 e. The summed E-state index contributed by atoms with van der Waals surface area (Å²) >= 11 is 6.29. The lowest BCUT2D eigenvalue weighted by atomic mass is 10.0. The molecule has 3 aromatic rings. The topological polar surface area (TPSA) is 118 Å². The molecule has 3 aromatic heterocycles. The van der Waals surface area contributed by atoms with E-state index in [0.717, 1.165) is 37.4 Å². The van der Waals surface area contributed by atoms with Gasteiger partial charge in [-0.25, -0.2) is 9.97 Å². The lowest BCUT2D eigenvalue weighted by Crippen LogP contribution is -2.39. The molecule has 10 heteroatoms. The standard InChI is InChI=1S/C19H20ClN9/c1-12-8-16(28-27-12)25-19-23-11-15(20)18(26-19)24-14-4-6-29(7-5-14)17-3-2-13(9-21)10-22-17/h2-3,8,10-11,14H,4-7H2,1H3,(H3,23,24,25,26,27,28). The average molecular weight is 410 g/mol. The number of hydrogen-bond acceptors (Lipinski definition) is 8. The van der Waals surface area contributed by atoms with Gasteiger partial charge in [0.15, 0.2) is 11.6 Å². The summed E-state index contributed by atoms with van der Waals surface area (Å²) in [6.45, 7) is 3.64. The highest BCUT2D eigenvalue weighted by molar-refractivity contribution is 6.32. The number of aryl methyl sites for hydroxylation is 1. The Bertz CT molecular complexity index is 1020. The molecule has 1 aliphatic heterocycles. The number of nitrogens with one attached hydrogen (secondary N) is 3. The number of aromatic amines is 1. The largest absolute Gasteiger partial charge is 0.366 e. The Kier molecular flexibility index (Phi) is 5.44. The molecule has 0 saturated carbocycles. The SMILES string of the molecule is Cc1cc(Nc2ncc(Cl)c(NC3CCN(c4ccc(C#N)cn4)CC3)n2)n[nH]1. The summed E-state index contributed by atoms with van der Waals surface area (Å²) in [5.74, 6) is 2.58. The predicted molar refractivity (Wildman–Crippen MR) is 111 cm³/mol. The zero-order valence-corrected chi connectivity index (χ0v) is 16.6. The fourth-order valence-electron chi connectivity index (χ4n) is 3.21. The Balaban J connectivity index is 1.37. The molecule has 148 valence electrons. The molecule has 0 radical (unpaired) electrons. The van der Waals surface area contributed by atoms with E-state index in [1.165, 1.54) is 0 Å². The van der Waals surface area contributed by atoms with E-state index in [1.54, 1.807) is 18.5 Å². The van der Waals surface area contributed by atoms with Crippen molar-refractivity contribution in [2.75, 3.05) is 28.6 Å².